The Bertz CT molecular complexity index is 1300. The van der Waals surface area contributed by atoms with Gasteiger partial charge in [-0.2, -0.15) is 0 Å². The van der Waals surface area contributed by atoms with Crippen LogP contribution >= 0.6 is 0 Å². The minimum atomic E-state index is -2.14. The van der Waals surface area contributed by atoms with E-state index >= 15 is 0 Å². The van der Waals surface area contributed by atoms with E-state index in [0.29, 0.717) is 153 Å². The minimum Gasteiger partial charge on any atom is -0.803 e. The van der Waals surface area contributed by atoms with Gasteiger partial charge >= 0.3 is 26.2 Å². The van der Waals surface area contributed by atoms with E-state index in [1.165, 1.54) is 0 Å². The first-order valence-electron chi connectivity index (χ1n) is 35.1. The third kappa shape index (κ3) is 59.5. The van der Waals surface area contributed by atoms with Crippen molar-refractivity contribution in [1.82, 2.24) is 0 Å². The van der Waals surface area contributed by atoms with Crippen molar-refractivity contribution in [3.8, 4) is 0 Å². The van der Waals surface area contributed by atoms with Crippen molar-refractivity contribution in [3.05, 3.63) is 0 Å². The van der Waals surface area contributed by atoms with Gasteiger partial charge in [-0.05, 0) is 94.7 Å². The molecule has 0 radical (unpaired) electrons. The molecule has 0 aromatic rings. The summed E-state index contributed by atoms with van der Waals surface area (Å²) in [6.45, 7) is 69.9. The summed E-state index contributed by atoms with van der Waals surface area (Å²) >= 11 is 0. The van der Waals surface area contributed by atoms with Gasteiger partial charge in [0.2, 0.25) is 0 Å². The van der Waals surface area contributed by atoms with Gasteiger partial charge in [0.25, 0.3) is 0 Å². The first kappa shape index (κ1) is 102. The number of rotatable bonds is 52. The average Bonchev–Trinajstić information content (AvgIpc) is 3.42. The van der Waals surface area contributed by atoms with Gasteiger partial charge in [-0.3, -0.25) is 0 Å². The van der Waals surface area contributed by atoms with Crippen LogP contribution in [0.25, 0.3) is 0 Å². The molecule has 0 unspecified atom stereocenters. The molecule has 0 fully saturated rings. The summed E-state index contributed by atoms with van der Waals surface area (Å²) in [6.07, 6.45) is -4.32. The van der Waals surface area contributed by atoms with E-state index in [-0.39, 0.29) is 73.5 Å². The van der Waals surface area contributed by atoms with Gasteiger partial charge in [0.05, 0.1) is 106 Å². The first-order valence-corrected chi connectivity index (χ1v) is 35.1. The van der Waals surface area contributed by atoms with E-state index in [4.69, 9.17) is 75.8 Å². The maximum atomic E-state index is 13.1. The Kier molecular flexibility index (Phi) is 62.0. The Morgan fingerprint density at radius 3 is 0.301 bits per heavy atom. The Hall–Kier alpha value is 0.0831. The zero-order valence-electron chi connectivity index (χ0n) is 65.5. The summed E-state index contributed by atoms with van der Waals surface area (Å²) in [5.74, 6) is -4.44. The van der Waals surface area contributed by atoms with Crippen LogP contribution in [0.4, 0.5) is 0 Å². The molecule has 560 valence electrons. The van der Waals surface area contributed by atoms with E-state index in [0.717, 1.165) is 0 Å². The minimum absolute atomic E-state index is 0. The predicted molar refractivity (Wildman–Crippen MR) is 359 cm³/mol. The molecule has 0 bridgehead atoms. The van der Waals surface area contributed by atoms with Crippen LogP contribution in [0.5, 0.6) is 0 Å². The smallest absolute Gasteiger partial charge is 0.803 e. The summed E-state index contributed by atoms with van der Waals surface area (Å²) in [5.41, 5.74) is 0. The summed E-state index contributed by atoms with van der Waals surface area (Å²) in [6, 6.07) is 0. The number of hydrogen-bond acceptors (Lipinski definition) is 20. The standard InChI is InChI=1S/4C18H37O5.Zr/c4*1-13(2)9-20-17(21-10-14(3)4)18(19,22-11-15(5)6)23-12-16(7)8;/h4*13-17H,9-12H2,1-8H3;/q4*-1;+4. The molecule has 0 atom stereocenters. The van der Waals surface area contributed by atoms with E-state index < -0.39 is 49.1 Å². The predicted octanol–water partition coefficient (Wildman–Crippen LogP) is 12.1. The summed E-state index contributed by atoms with van der Waals surface area (Å²) in [7, 11) is 0. The molecule has 0 saturated carbocycles. The number of hydrogen-bond donors (Lipinski definition) is 0. The molecule has 0 aliphatic rings. The van der Waals surface area contributed by atoms with Crippen molar-refractivity contribution >= 4 is 0 Å². The normalized spacial score (nSPS) is 13.2. The molecule has 93 heavy (non-hydrogen) atoms. The second kappa shape index (κ2) is 56.7. The second-order valence-electron chi connectivity index (χ2n) is 31.2. The van der Waals surface area contributed by atoms with Gasteiger partial charge in [-0.25, -0.2) is 0 Å². The summed E-state index contributed by atoms with van der Waals surface area (Å²) in [5, 5.41) is 52.6. The van der Waals surface area contributed by atoms with Crippen molar-refractivity contribution in [2.45, 2.75) is 271 Å². The van der Waals surface area contributed by atoms with E-state index in [1.807, 2.05) is 222 Å². The van der Waals surface area contributed by atoms with Crippen molar-refractivity contribution in [3.63, 3.8) is 0 Å². The van der Waals surface area contributed by atoms with Gasteiger partial charge in [0.15, 0.2) is 49.1 Å². The molecule has 0 saturated heterocycles. The molecule has 0 spiro atoms. The van der Waals surface area contributed by atoms with Crippen LogP contribution in [-0.4, -0.2) is 155 Å². The van der Waals surface area contributed by atoms with Crippen LogP contribution in [0.2, 0.25) is 0 Å². The van der Waals surface area contributed by atoms with E-state index in [2.05, 4.69) is 0 Å². The van der Waals surface area contributed by atoms with Crippen molar-refractivity contribution in [1.29, 1.82) is 0 Å². The topological polar surface area (TPSA) is 240 Å². The maximum Gasteiger partial charge on any atom is 4.00 e. The maximum absolute atomic E-state index is 13.1. The molecular weight excluding hydrogens is 1280 g/mol. The second-order valence-corrected chi connectivity index (χ2v) is 31.2. The monoisotopic (exact) mass is 1420 g/mol. The fourth-order valence-corrected chi connectivity index (χ4v) is 6.22. The zero-order chi connectivity index (χ0) is 72.2. The van der Waals surface area contributed by atoms with Gasteiger partial charge in [-0.15, -0.1) is 0 Å². The third-order valence-corrected chi connectivity index (χ3v) is 10.7. The quantitative estimate of drug-likeness (QED) is 0.0514. The molecule has 0 rings (SSSR count). The largest absolute Gasteiger partial charge is 4.00 e. The van der Waals surface area contributed by atoms with Crippen LogP contribution in [0, 0.1) is 94.7 Å². The average molecular weight is 1430 g/mol. The van der Waals surface area contributed by atoms with Crippen LogP contribution in [0.1, 0.15) is 222 Å². The molecule has 21 heteroatoms. The van der Waals surface area contributed by atoms with Gasteiger partial charge < -0.3 is 96.2 Å². The van der Waals surface area contributed by atoms with Crippen molar-refractivity contribution < 1.29 is 122 Å². The fourth-order valence-electron chi connectivity index (χ4n) is 6.22. The first-order chi connectivity index (χ1) is 42.3. The Morgan fingerprint density at radius 2 is 0.237 bits per heavy atom. The molecule has 0 aliphatic heterocycles. The van der Waals surface area contributed by atoms with E-state index in [1.54, 1.807) is 0 Å². The molecule has 20 nitrogen and oxygen atoms in total. The SMILES string of the molecule is CC(C)COC(OCC(C)C)C([O-])(OCC(C)C)OCC(C)C.CC(C)COC(OCC(C)C)C([O-])(OCC(C)C)OCC(C)C.CC(C)COC(OCC(C)C)C([O-])(OCC(C)C)OCC(C)C.CC(C)COC(OCC(C)C)C([O-])(OCC(C)C)OCC(C)C.[Zr+4]. The third-order valence-electron chi connectivity index (χ3n) is 10.7. The Balaban J connectivity index is -0.000000369. The van der Waals surface area contributed by atoms with Crippen LogP contribution in [0.3, 0.4) is 0 Å². The van der Waals surface area contributed by atoms with Crippen LogP contribution in [0.15, 0.2) is 0 Å². The molecule has 0 heterocycles. The molecule has 0 amide bonds. The fraction of sp³-hybridized carbons (Fsp3) is 1.00. The molecule has 0 aromatic carbocycles. The van der Waals surface area contributed by atoms with Gasteiger partial charge in [0.1, 0.15) is 0 Å². The molecule has 0 N–H and O–H groups in total. The van der Waals surface area contributed by atoms with Gasteiger partial charge in [-0.1, -0.05) is 222 Å². The molecule has 0 aliphatic carbocycles. The Labute approximate surface area is 590 Å². The van der Waals surface area contributed by atoms with Gasteiger partial charge in [0, 0.05) is 0 Å². The number of ether oxygens (including phenoxy) is 16. The van der Waals surface area contributed by atoms with Crippen LogP contribution < -0.4 is 20.4 Å². The molecule has 0 aromatic heterocycles. The zero-order valence-corrected chi connectivity index (χ0v) is 68.0. The van der Waals surface area contributed by atoms with Crippen LogP contribution in [-0.2, 0) is 102 Å². The molecular formula is C72H148O20Zr. The Morgan fingerprint density at radius 1 is 0.161 bits per heavy atom. The van der Waals surface area contributed by atoms with E-state index in [9.17, 15) is 20.4 Å². The van der Waals surface area contributed by atoms with Crippen molar-refractivity contribution in [2.75, 3.05) is 106 Å². The summed E-state index contributed by atoms with van der Waals surface area (Å²) < 4.78 is 89.9. The summed E-state index contributed by atoms with van der Waals surface area (Å²) in [4.78, 5) is 0. The van der Waals surface area contributed by atoms with Crippen molar-refractivity contribution in [2.24, 2.45) is 94.7 Å².